The largest absolute Gasteiger partial charge is 0.547 e. The smallest absolute Gasteiger partial charge is 0.229 e. The van der Waals surface area contributed by atoms with E-state index in [9.17, 15) is 0 Å². The van der Waals surface area contributed by atoms with Gasteiger partial charge in [-0.3, -0.25) is 0 Å². The zero-order valence-electron chi connectivity index (χ0n) is 23.1. The maximum Gasteiger partial charge on any atom is 0.229 e. The molecule has 1 aliphatic rings. The molecule has 1 atom stereocenters. The fourth-order valence-corrected chi connectivity index (χ4v) is 10.9. The van der Waals surface area contributed by atoms with E-state index in [2.05, 4.69) is 108 Å². The molecule has 0 saturated heterocycles. The van der Waals surface area contributed by atoms with Crippen molar-refractivity contribution in [1.29, 1.82) is 0 Å². The Labute approximate surface area is 196 Å². The lowest BCUT2D eigenvalue weighted by molar-refractivity contribution is 0.490. The number of allylic oxidation sites excluding steroid dienone is 4. The van der Waals surface area contributed by atoms with Crippen LogP contribution in [0.1, 0.15) is 85.9 Å². The van der Waals surface area contributed by atoms with E-state index in [4.69, 9.17) is 4.43 Å². The van der Waals surface area contributed by atoms with E-state index in [1.807, 2.05) is 0 Å². The predicted octanol–water partition coefficient (Wildman–Crippen LogP) is 7.71. The number of benzene rings is 1. The van der Waals surface area contributed by atoms with Gasteiger partial charge >= 0.3 is 0 Å². The van der Waals surface area contributed by atoms with Crippen LogP contribution in [-0.4, -0.2) is 17.1 Å². The third-order valence-electron chi connectivity index (χ3n) is 7.31. The highest BCUT2D eigenvalue weighted by Gasteiger charge is 2.42. The van der Waals surface area contributed by atoms with Gasteiger partial charge in [0.2, 0.25) is 9.04 Å². The molecular weight excluding hydrogens is 408 g/mol. The van der Waals surface area contributed by atoms with Crippen LogP contribution in [0.3, 0.4) is 0 Å². The van der Waals surface area contributed by atoms with Crippen LogP contribution < -0.4 is 9.61 Å². The molecule has 3 heteroatoms. The minimum atomic E-state index is -1.92. The van der Waals surface area contributed by atoms with Crippen LogP contribution in [0.2, 0.25) is 26.2 Å². The Morgan fingerprint density at radius 2 is 1.32 bits per heavy atom. The van der Waals surface area contributed by atoms with Gasteiger partial charge in [0.05, 0.1) is 0 Å². The number of rotatable bonds is 4. The van der Waals surface area contributed by atoms with Gasteiger partial charge in [0.15, 0.2) is 0 Å². The third-order valence-corrected chi connectivity index (χ3v) is 11.9. The summed E-state index contributed by atoms with van der Waals surface area (Å²) in [6.07, 6.45) is 0. The quantitative estimate of drug-likeness (QED) is 0.421. The van der Waals surface area contributed by atoms with Crippen molar-refractivity contribution in [3.05, 3.63) is 44.7 Å². The first-order valence-electron chi connectivity index (χ1n) is 12.1. The summed E-state index contributed by atoms with van der Waals surface area (Å²) < 4.78 is 6.64. The van der Waals surface area contributed by atoms with Gasteiger partial charge in [0, 0.05) is 5.56 Å². The molecule has 0 N–H and O–H groups in total. The van der Waals surface area contributed by atoms with Gasteiger partial charge in [-0.05, 0) is 74.2 Å². The van der Waals surface area contributed by atoms with E-state index >= 15 is 0 Å². The normalized spacial score (nSPS) is 18.5. The van der Waals surface area contributed by atoms with Crippen molar-refractivity contribution in [2.75, 3.05) is 0 Å². The van der Waals surface area contributed by atoms with Gasteiger partial charge in [-0.2, -0.15) is 0 Å². The molecule has 1 nitrogen and oxygen atoms in total. The SMILES string of the molecule is CC1=C(C)C(C)C([Si](C)(C)c2cc(C)c(O[SiH](C)C)c(C(C)(C)C)c2C(C)(C)C)=C1C. The maximum absolute atomic E-state index is 6.64. The maximum atomic E-state index is 6.64. The van der Waals surface area contributed by atoms with E-state index in [1.54, 1.807) is 27.1 Å². The molecule has 174 valence electrons. The molecule has 1 aromatic carbocycles. The predicted molar refractivity (Wildman–Crippen MR) is 145 cm³/mol. The highest BCUT2D eigenvalue weighted by atomic mass is 28.3. The van der Waals surface area contributed by atoms with Crippen molar-refractivity contribution in [3.8, 4) is 5.75 Å². The second-order valence-electron chi connectivity index (χ2n) is 12.7. The van der Waals surface area contributed by atoms with Crippen molar-refractivity contribution in [2.24, 2.45) is 5.92 Å². The van der Waals surface area contributed by atoms with Gasteiger partial charge in [0.25, 0.3) is 0 Å². The molecule has 0 aromatic heterocycles. The molecule has 31 heavy (non-hydrogen) atoms. The average Bonchev–Trinajstić information content (AvgIpc) is 2.77. The van der Waals surface area contributed by atoms with E-state index < -0.39 is 17.1 Å². The second-order valence-corrected chi connectivity index (χ2v) is 19.3. The van der Waals surface area contributed by atoms with Crippen LogP contribution in [0.15, 0.2) is 28.0 Å². The number of aryl methyl sites for hydroxylation is 1. The van der Waals surface area contributed by atoms with E-state index in [1.165, 1.54) is 22.4 Å². The van der Waals surface area contributed by atoms with Crippen LogP contribution in [0, 0.1) is 12.8 Å². The molecule has 1 unspecified atom stereocenters. The summed E-state index contributed by atoms with van der Waals surface area (Å²) in [6, 6.07) is 2.52. The Morgan fingerprint density at radius 3 is 1.68 bits per heavy atom. The Bertz CT molecular complexity index is 931. The first kappa shape index (κ1) is 26.2. The number of hydrogen-bond donors (Lipinski definition) is 0. The van der Waals surface area contributed by atoms with Gasteiger partial charge < -0.3 is 4.43 Å². The van der Waals surface area contributed by atoms with Crippen LogP contribution >= 0.6 is 0 Å². The van der Waals surface area contributed by atoms with Crippen molar-refractivity contribution in [3.63, 3.8) is 0 Å². The van der Waals surface area contributed by atoms with E-state index in [0.717, 1.165) is 0 Å². The number of hydrogen-bond acceptors (Lipinski definition) is 1. The van der Waals surface area contributed by atoms with Crippen LogP contribution in [0.5, 0.6) is 5.75 Å². The molecule has 0 amide bonds. The van der Waals surface area contributed by atoms with Crippen LogP contribution in [0.4, 0.5) is 0 Å². The molecule has 2 rings (SSSR count). The lowest BCUT2D eigenvalue weighted by Gasteiger charge is -2.41. The molecule has 0 heterocycles. The zero-order chi connectivity index (χ0) is 24.3. The summed E-state index contributed by atoms with van der Waals surface area (Å²) in [7, 11) is -3.14. The van der Waals surface area contributed by atoms with Crippen molar-refractivity contribution >= 4 is 22.3 Å². The third kappa shape index (κ3) is 4.68. The first-order chi connectivity index (χ1) is 13.8. The van der Waals surface area contributed by atoms with Gasteiger partial charge in [-0.25, -0.2) is 0 Å². The van der Waals surface area contributed by atoms with Crippen molar-refractivity contribution < 1.29 is 4.43 Å². The van der Waals surface area contributed by atoms with Crippen molar-refractivity contribution in [2.45, 2.75) is 113 Å². The Hall–Kier alpha value is -1.07. The summed E-state index contributed by atoms with van der Waals surface area (Å²) in [4.78, 5) is 0. The molecule has 0 radical (unpaired) electrons. The fourth-order valence-electron chi connectivity index (χ4n) is 5.69. The molecule has 0 bridgehead atoms. The summed E-state index contributed by atoms with van der Waals surface area (Å²) in [6.45, 7) is 35.7. The highest BCUT2D eigenvalue weighted by Crippen LogP contribution is 2.45. The van der Waals surface area contributed by atoms with Crippen molar-refractivity contribution in [1.82, 2.24) is 0 Å². The van der Waals surface area contributed by atoms with Gasteiger partial charge in [-0.1, -0.05) is 89.2 Å². The highest BCUT2D eigenvalue weighted by molar-refractivity contribution is 6.96. The summed E-state index contributed by atoms with van der Waals surface area (Å²) >= 11 is 0. The Kier molecular flexibility index (Phi) is 7.07. The first-order valence-corrected chi connectivity index (χ1v) is 17.9. The minimum absolute atomic E-state index is 0.0291. The van der Waals surface area contributed by atoms with Gasteiger partial charge in [0.1, 0.15) is 13.8 Å². The molecule has 1 aliphatic carbocycles. The molecule has 0 aliphatic heterocycles. The van der Waals surface area contributed by atoms with Gasteiger partial charge in [-0.15, -0.1) is 0 Å². The molecule has 0 saturated carbocycles. The van der Waals surface area contributed by atoms with Crippen LogP contribution in [-0.2, 0) is 10.8 Å². The topological polar surface area (TPSA) is 9.23 Å². The lowest BCUT2D eigenvalue weighted by Crippen LogP contribution is -2.50. The van der Waals surface area contributed by atoms with E-state index in [0.29, 0.717) is 5.92 Å². The average molecular weight is 457 g/mol. The summed E-state index contributed by atoms with van der Waals surface area (Å²) in [5, 5.41) is 3.34. The summed E-state index contributed by atoms with van der Waals surface area (Å²) in [5.74, 6) is 1.72. The monoisotopic (exact) mass is 456 g/mol. The minimum Gasteiger partial charge on any atom is -0.547 e. The zero-order valence-corrected chi connectivity index (χ0v) is 25.3. The Balaban J connectivity index is 3.00. The summed E-state index contributed by atoms with van der Waals surface area (Å²) in [5.41, 5.74) is 9.01. The standard InChI is InChI=1S/C28H48OSi2/c1-17-16-22(31(14,15)26-20(4)18(2)19(3)21(26)5)23(27(6,7)8)24(28(9,10)11)25(17)29-30(12)13/h16,20,30H,1-15H3. The Morgan fingerprint density at radius 1 is 0.839 bits per heavy atom. The fraction of sp³-hybridized carbons (Fsp3) is 0.643. The molecular formula is C28H48OSi2. The second kappa shape index (κ2) is 8.37. The van der Waals surface area contributed by atoms with Crippen LogP contribution in [0.25, 0.3) is 0 Å². The molecule has 0 fully saturated rings. The molecule has 1 aromatic rings. The van der Waals surface area contributed by atoms with E-state index in [-0.39, 0.29) is 10.8 Å². The lowest BCUT2D eigenvalue weighted by atomic mass is 9.74. The molecule has 0 spiro atoms.